The molecule has 0 fully saturated rings. The summed E-state index contributed by atoms with van der Waals surface area (Å²) in [7, 11) is 3.15. The number of phenols is 2. The largest absolute Gasteiger partial charge is 0.507 e. The van der Waals surface area contributed by atoms with Gasteiger partial charge in [0, 0.05) is 24.2 Å². The van der Waals surface area contributed by atoms with E-state index in [1.165, 1.54) is 13.2 Å². The molecule has 0 aromatic heterocycles. The molecule has 0 aliphatic carbocycles. The summed E-state index contributed by atoms with van der Waals surface area (Å²) in [6, 6.07) is 11.8. The average molecular weight is 257 g/mol. The Balaban J connectivity index is 2.53. The number of hydrogen-bond acceptors (Lipinski definition) is 4. The first-order chi connectivity index (χ1) is 9.17. The maximum atomic E-state index is 10.0. The molecular weight excluding hydrogens is 242 g/mol. The van der Waals surface area contributed by atoms with Gasteiger partial charge in [0.1, 0.15) is 17.2 Å². The minimum absolute atomic E-state index is 0.0585. The van der Waals surface area contributed by atoms with Gasteiger partial charge in [-0.3, -0.25) is 4.99 Å². The van der Waals surface area contributed by atoms with E-state index in [2.05, 4.69) is 4.99 Å². The lowest BCUT2D eigenvalue weighted by atomic mass is 10.0. The maximum absolute atomic E-state index is 10.0. The van der Waals surface area contributed by atoms with E-state index in [0.717, 1.165) is 0 Å². The van der Waals surface area contributed by atoms with Gasteiger partial charge in [-0.05, 0) is 24.3 Å². The van der Waals surface area contributed by atoms with Crippen molar-refractivity contribution in [3.05, 3.63) is 53.6 Å². The number of para-hydroxylation sites is 1. The Morgan fingerprint density at radius 2 is 1.68 bits per heavy atom. The molecule has 2 aromatic rings. The number of rotatable bonds is 3. The number of benzene rings is 2. The Morgan fingerprint density at radius 1 is 1.00 bits per heavy atom. The lowest BCUT2D eigenvalue weighted by Gasteiger charge is -2.11. The van der Waals surface area contributed by atoms with E-state index in [4.69, 9.17) is 4.74 Å². The highest BCUT2D eigenvalue weighted by Crippen LogP contribution is 2.28. The minimum Gasteiger partial charge on any atom is -0.507 e. The topological polar surface area (TPSA) is 62.1 Å². The van der Waals surface area contributed by atoms with Crippen LogP contribution < -0.4 is 4.74 Å². The van der Waals surface area contributed by atoms with E-state index in [9.17, 15) is 10.2 Å². The van der Waals surface area contributed by atoms with Crippen molar-refractivity contribution >= 4 is 5.71 Å². The van der Waals surface area contributed by atoms with Gasteiger partial charge < -0.3 is 14.9 Å². The molecule has 2 aromatic carbocycles. The molecule has 2 rings (SSSR count). The van der Waals surface area contributed by atoms with E-state index in [-0.39, 0.29) is 11.5 Å². The molecule has 2 N–H and O–H groups in total. The van der Waals surface area contributed by atoms with Crippen molar-refractivity contribution < 1.29 is 14.9 Å². The van der Waals surface area contributed by atoms with Gasteiger partial charge in [-0.1, -0.05) is 12.1 Å². The highest BCUT2D eigenvalue weighted by atomic mass is 16.5. The predicted molar refractivity (Wildman–Crippen MR) is 74.3 cm³/mol. The number of phenolic OH excluding ortho intramolecular Hbond substituents is 2. The second-order valence-electron chi connectivity index (χ2n) is 3.97. The molecule has 0 unspecified atom stereocenters. The van der Waals surface area contributed by atoms with Gasteiger partial charge in [0.15, 0.2) is 0 Å². The fourth-order valence-corrected chi connectivity index (χ4v) is 1.90. The third kappa shape index (κ3) is 2.52. The van der Waals surface area contributed by atoms with Gasteiger partial charge in [0.05, 0.1) is 12.8 Å². The van der Waals surface area contributed by atoms with Crippen LogP contribution in [0.1, 0.15) is 11.1 Å². The fourth-order valence-electron chi connectivity index (χ4n) is 1.90. The summed E-state index contributed by atoms with van der Waals surface area (Å²) in [5.74, 6) is 0.746. The van der Waals surface area contributed by atoms with Crippen LogP contribution in [-0.2, 0) is 0 Å². The first-order valence-electron chi connectivity index (χ1n) is 5.80. The van der Waals surface area contributed by atoms with E-state index in [0.29, 0.717) is 22.6 Å². The SMILES string of the molecule is CN=C(c1ccccc1O)c1ccc(OC)cc1O. The Bertz CT molecular complexity index is 621. The van der Waals surface area contributed by atoms with Crippen molar-refractivity contribution in [2.45, 2.75) is 0 Å². The van der Waals surface area contributed by atoms with Crippen LogP contribution >= 0.6 is 0 Å². The highest BCUT2D eigenvalue weighted by Gasteiger charge is 2.14. The third-order valence-corrected chi connectivity index (χ3v) is 2.84. The molecule has 19 heavy (non-hydrogen) atoms. The van der Waals surface area contributed by atoms with Crippen LogP contribution in [0.5, 0.6) is 17.2 Å². The number of methoxy groups -OCH3 is 1. The summed E-state index contributed by atoms with van der Waals surface area (Å²) >= 11 is 0. The Kier molecular flexibility index (Phi) is 3.71. The summed E-state index contributed by atoms with van der Waals surface area (Å²) in [5.41, 5.74) is 1.65. The van der Waals surface area contributed by atoms with E-state index >= 15 is 0 Å². The first-order valence-corrected chi connectivity index (χ1v) is 5.80. The van der Waals surface area contributed by atoms with Gasteiger partial charge in [0.2, 0.25) is 0 Å². The van der Waals surface area contributed by atoms with Crippen molar-refractivity contribution in [3.8, 4) is 17.2 Å². The van der Waals surface area contributed by atoms with Crippen molar-refractivity contribution in [3.63, 3.8) is 0 Å². The second kappa shape index (κ2) is 5.44. The van der Waals surface area contributed by atoms with Gasteiger partial charge in [-0.2, -0.15) is 0 Å². The molecule has 0 heterocycles. The smallest absolute Gasteiger partial charge is 0.128 e. The normalized spacial score (nSPS) is 11.4. The molecule has 0 aliphatic heterocycles. The summed E-state index contributed by atoms with van der Waals surface area (Å²) in [4.78, 5) is 4.16. The van der Waals surface area contributed by atoms with Gasteiger partial charge in [-0.15, -0.1) is 0 Å². The predicted octanol–water partition coefficient (Wildman–Crippen LogP) is 2.57. The van der Waals surface area contributed by atoms with Crippen molar-refractivity contribution in [1.29, 1.82) is 0 Å². The van der Waals surface area contributed by atoms with Crippen molar-refractivity contribution in [2.75, 3.05) is 14.2 Å². The summed E-state index contributed by atoms with van der Waals surface area (Å²) in [6.45, 7) is 0. The van der Waals surface area contributed by atoms with Crippen LogP contribution in [0.4, 0.5) is 0 Å². The number of aliphatic imine (C=N–C) groups is 1. The third-order valence-electron chi connectivity index (χ3n) is 2.84. The minimum atomic E-state index is 0.0585. The van der Waals surface area contributed by atoms with Crippen LogP contribution in [0.25, 0.3) is 0 Å². The standard InChI is InChI=1S/C15H15NO3/c1-16-15(11-5-3-4-6-13(11)17)12-8-7-10(19-2)9-14(12)18/h3-9,17-18H,1-2H3. The molecule has 0 spiro atoms. The van der Waals surface area contributed by atoms with Crippen LogP contribution in [0.15, 0.2) is 47.5 Å². The summed E-state index contributed by atoms with van der Waals surface area (Å²) in [5, 5.41) is 19.9. The Labute approximate surface area is 111 Å². The monoisotopic (exact) mass is 257 g/mol. The maximum Gasteiger partial charge on any atom is 0.128 e. The molecule has 0 bridgehead atoms. The zero-order valence-electron chi connectivity index (χ0n) is 10.8. The molecular formula is C15H15NO3. The lowest BCUT2D eigenvalue weighted by Crippen LogP contribution is -2.04. The molecule has 0 atom stereocenters. The second-order valence-corrected chi connectivity index (χ2v) is 3.97. The van der Waals surface area contributed by atoms with Crippen LogP contribution in [-0.4, -0.2) is 30.1 Å². The van der Waals surface area contributed by atoms with Crippen LogP contribution in [0.2, 0.25) is 0 Å². The van der Waals surface area contributed by atoms with Crippen molar-refractivity contribution in [1.82, 2.24) is 0 Å². The number of ether oxygens (including phenoxy) is 1. The van der Waals surface area contributed by atoms with Gasteiger partial charge in [-0.25, -0.2) is 0 Å². The fraction of sp³-hybridized carbons (Fsp3) is 0.133. The van der Waals surface area contributed by atoms with Gasteiger partial charge in [0.25, 0.3) is 0 Å². The average Bonchev–Trinajstić information content (AvgIpc) is 2.43. The quantitative estimate of drug-likeness (QED) is 0.831. The number of hydrogen-bond donors (Lipinski definition) is 2. The Morgan fingerprint density at radius 3 is 2.26 bits per heavy atom. The van der Waals surface area contributed by atoms with E-state index in [1.54, 1.807) is 43.4 Å². The van der Waals surface area contributed by atoms with Crippen molar-refractivity contribution in [2.24, 2.45) is 4.99 Å². The first kappa shape index (κ1) is 13.0. The molecule has 0 amide bonds. The Hall–Kier alpha value is -2.49. The molecule has 4 heteroatoms. The van der Waals surface area contributed by atoms with E-state index in [1.807, 2.05) is 0 Å². The zero-order valence-corrected chi connectivity index (χ0v) is 10.8. The molecule has 0 radical (unpaired) electrons. The molecule has 0 saturated carbocycles. The highest BCUT2D eigenvalue weighted by molar-refractivity contribution is 6.15. The van der Waals surface area contributed by atoms with E-state index < -0.39 is 0 Å². The summed E-state index contributed by atoms with van der Waals surface area (Å²) in [6.07, 6.45) is 0. The zero-order chi connectivity index (χ0) is 13.8. The number of aromatic hydroxyl groups is 2. The molecule has 0 saturated heterocycles. The lowest BCUT2D eigenvalue weighted by molar-refractivity contribution is 0.407. The molecule has 4 nitrogen and oxygen atoms in total. The van der Waals surface area contributed by atoms with Crippen LogP contribution in [0.3, 0.4) is 0 Å². The number of nitrogens with zero attached hydrogens (tertiary/aromatic N) is 1. The van der Waals surface area contributed by atoms with Crippen LogP contribution in [0, 0.1) is 0 Å². The molecule has 98 valence electrons. The summed E-state index contributed by atoms with van der Waals surface area (Å²) < 4.78 is 5.04. The van der Waals surface area contributed by atoms with Gasteiger partial charge >= 0.3 is 0 Å². The molecule has 0 aliphatic rings.